The number of nitrogens with one attached hydrogen (secondary N) is 2. The molecule has 14 nitrogen and oxygen atoms in total. The molecular weight excluding hydrogens is 1180 g/mol. The van der Waals surface area contributed by atoms with Gasteiger partial charge < -0.3 is 39.6 Å². The van der Waals surface area contributed by atoms with Crippen molar-refractivity contribution in [3.05, 3.63) is 234 Å². The van der Waals surface area contributed by atoms with E-state index in [0.717, 1.165) is 117 Å². The fourth-order valence-electron chi connectivity index (χ4n) is 12.2. The van der Waals surface area contributed by atoms with Gasteiger partial charge in [0.15, 0.2) is 0 Å². The largest absolute Gasteiger partial charge is 0.508 e. The minimum Gasteiger partial charge on any atom is -0.506 e. The lowest BCUT2D eigenvalue weighted by Crippen LogP contribution is -2.31. The summed E-state index contributed by atoms with van der Waals surface area (Å²) < 4.78 is 23.8. The van der Waals surface area contributed by atoms with Crippen LogP contribution in [0, 0.1) is 11.8 Å². The van der Waals surface area contributed by atoms with E-state index >= 15 is 4.79 Å². The second-order valence-corrected chi connectivity index (χ2v) is 23.9. The smallest absolute Gasteiger partial charge is 0.506 e. The normalized spacial score (nSPS) is 14.3. The number of aliphatic hydroxyl groups excluding tert-OH is 1. The van der Waals surface area contributed by atoms with Crippen LogP contribution in [0.25, 0.3) is 48.7 Å². The zero-order chi connectivity index (χ0) is 65.5. The maximum absolute atomic E-state index is 15.3. The summed E-state index contributed by atoms with van der Waals surface area (Å²) in [7, 11) is 0. The van der Waals surface area contributed by atoms with Gasteiger partial charge >= 0.3 is 12.3 Å². The molecule has 0 fully saturated rings. The van der Waals surface area contributed by atoms with Crippen LogP contribution in [-0.4, -0.2) is 67.2 Å². The SMILES string of the molecule is CCCCC(CC)COC(=O)OCCC(=O)NC1=CC(=[N+](c2ccc3ccccc3c2)c2ccc3ccccc3c2)C=C/C1=C1\C(=O)C(c2ccc(N(c3ccc4ccccc4c3)c3ccc4ccccc4c3)cc2NC(=O)CCOC(=O)OCC(CC)CCCC)=C1O. The number of fused-ring (bicyclic) bond motifs is 4. The Hall–Kier alpha value is -10.6. The van der Waals surface area contributed by atoms with E-state index in [1.807, 2.05) is 133 Å². The number of carbonyl (C=O) groups excluding carboxylic acids is 5. The number of anilines is 4. The van der Waals surface area contributed by atoms with E-state index in [1.54, 1.807) is 24.3 Å². The molecule has 0 radical (unpaired) electrons. The van der Waals surface area contributed by atoms with Crippen LogP contribution in [0.2, 0.25) is 0 Å². The molecule has 0 heterocycles. The van der Waals surface area contributed by atoms with Gasteiger partial charge in [0.1, 0.15) is 19.0 Å². The quantitative estimate of drug-likeness (QED) is 0.0268. The predicted octanol–water partition coefficient (Wildman–Crippen LogP) is 18.9. The van der Waals surface area contributed by atoms with Crippen LogP contribution >= 0.6 is 0 Å². The topological polar surface area (TPSA) is 173 Å². The molecule has 2 atom stereocenters. The first-order chi connectivity index (χ1) is 45.9. The van der Waals surface area contributed by atoms with Gasteiger partial charge in [-0.05, 0) is 128 Å². The van der Waals surface area contributed by atoms with Crippen LogP contribution in [-0.2, 0) is 33.3 Å². The lowest BCUT2D eigenvalue weighted by Gasteiger charge is -2.29. The Morgan fingerprint density at radius 3 is 1.39 bits per heavy atom. The molecule has 3 N–H and O–H groups in total. The number of amides is 2. The Bertz CT molecular complexity index is 4340. The van der Waals surface area contributed by atoms with Crippen molar-refractivity contribution in [2.45, 2.75) is 91.9 Å². The van der Waals surface area contributed by atoms with Crippen LogP contribution in [0.1, 0.15) is 97.5 Å². The number of rotatable bonds is 26. The first-order valence-corrected chi connectivity index (χ1v) is 32.8. The summed E-state index contributed by atoms with van der Waals surface area (Å²) in [6, 6.07) is 62.3. The monoisotopic (exact) mass is 1260 g/mol. The molecule has 2 unspecified atom stereocenters. The number of ether oxygens (including phenoxy) is 4. The first-order valence-electron chi connectivity index (χ1n) is 32.8. The zero-order valence-electron chi connectivity index (χ0n) is 53.7. The molecule has 478 valence electrons. The van der Waals surface area contributed by atoms with E-state index in [2.05, 4.69) is 96.3 Å². The first kappa shape index (κ1) is 64.9. The van der Waals surface area contributed by atoms with E-state index in [9.17, 15) is 24.3 Å². The molecule has 0 aliphatic heterocycles. The molecule has 11 rings (SSSR count). The highest BCUT2D eigenvalue weighted by molar-refractivity contribution is 6.40. The van der Waals surface area contributed by atoms with E-state index in [-0.39, 0.29) is 90.5 Å². The average Bonchev–Trinajstić information content (AvgIpc) is 0.739. The molecular formula is C80H79N4O10+. The van der Waals surface area contributed by atoms with E-state index < -0.39 is 29.9 Å². The van der Waals surface area contributed by atoms with Crippen LogP contribution < -0.4 is 20.1 Å². The van der Waals surface area contributed by atoms with E-state index in [0.29, 0.717) is 11.4 Å². The maximum Gasteiger partial charge on any atom is 0.508 e. The summed E-state index contributed by atoms with van der Waals surface area (Å²) in [4.78, 5) is 71.5. The number of hydrogen-bond acceptors (Lipinski definition) is 11. The lowest BCUT2D eigenvalue weighted by molar-refractivity contribution is -0.121. The number of nitrogens with zero attached hydrogens (tertiary/aromatic N) is 2. The van der Waals surface area contributed by atoms with Gasteiger partial charge in [-0.3, -0.25) is 14.4 Å². The molecule has 0 saturated carbocycles. The molecule has 9 aromatic carbocycles. The molecule has 9 aromatic rings. The number of benzene rings is 9. The molecule has 2 amide bonds. The van der Waals surface area contributed by atoms with Crippen LogP contribution in [0.4, 0.5) is 43.7 Å². The standard InChI is InChI=1S/C80H78N4O10/c1-5-9-19-53(7-3)51-93-79(89)91-43-41-73(85)81-71-49-67(83(63-33-29-55-21-11-15-25-59(55)45-63)64-34-30-56-22-12-16-26-60(56)46-64)37-39-69(71)75-77(87)76(78(75)88)70-40-38-68(50-72(70)82-74(86)42-44-92-80(90)94-52-54(8-4)20-10-6-2)84(65-35-31-57-23-13-17-27-61(57)47-65)66-36-32-58-24-14-18-28-62(58)48-66/h11-18,21-40,45-50,53-54H,5-10,19-20,41-44,51-52H2,1-4H3,(H2,81,82,85,86,87,88)/p+1. The van der Waals surface area contributed by atoms with Gasteiger partial charge in [0, 0.05) is 64.6 Å². The van der Waals surface area contributed by atoms with Gasteiger partial charge in [0.05, 0.1) is 48.6 Å². The van der Waals surface area contributed by atoms with Crippen molar-refractivity contribution >= 4 is 118 Å². The minimum atomic E-state index is -0.865. The number of allylic oxidation sites excluding steroid dienone is 5. The van der Waals surface area contributed by atoms with Crippen LogP contribution in [0.15, 0.2) is 229 Å². The second kappa shape index (κ2) is 30.7. The van der Waals surface area contributed by atoms with Crippen LogP contribution in [0.3, 0.4) is 0 Å². The molecule has 94 heavy (non-hydrogen) atoms. The molecule has 2 aliphatic carbocycles. The van der Waals surface area contributed by atoms with Gasteiger partial charge in [-0.15, -0.1) is 0 Å². The summed E-state index contributed by atoms with van der Waals surface area (Å²) >= 11 is 0. The molecule has 0 aromatic heterocycles. The van der Waals surface area contributed by atoms with Crippen molar-refractivity contribution in [1.29, 1.82) is 0 Å². The number of unbranched alkanes of at least 4 members (excludes halogenated alkanes) is 2. The minimum absolute atomic E-state index is 0.0737. The van der Waals surface area contributed by atoms with Gasteiger partial charge in [0.2, 0.25) is 34.7 Å². The summed E-state index contributed by atoms with van der Waals surface area (Å²) in [5.74, 6) is -1.60. The summed E-state index contributed by atoms with van der Waals surface area (Å²) in [5, 5.41) is 26.8. The third-order valence-corrected chi connectivity index (χ3v) is 17.6. The Labute approximate surface area is 548 Å². The average molecular weight is 1260 g/mol. The Morgan fingerprint density at radius 2 is 0.926 bits per heavy atom. The van der Waals surface area contributed by atoms with Gasteiger partial charge in [-0.2, -0.15) is 4.58 Å². The van der Waals surface area contributed by atoms with Crippen molar-refractivity contribution in [1.82, 2.24) is 9.89 Å². The Balaban J connectivity index is 0.985. The highest BCUT2D eigenvalue weighted by atomic mass is 16.7. The maximum atomic E-state index is 15.3. The summed E-state index contributed by atoms with van der Waals surface area (Å²) in [6.07, 6.45) is 10.7. The number of ketones is 1. The van der Waals surface area contributed by atoms with Crippen molar-refractivity contribution in [2.24, 2.45) is 11.8 Å². The van der Waals surface area contributed by atoms with Crippen molar-refractivity contribution in [3.63, 3.8) is 0 Å². The van der Waals surface area contributed by atoms with Crippen LogP contribution in [0.5, 0.6) is 0 Å². The van der Waals surface area contributed by atoms with Gasteiger partial charge in [0.25, 0.3) is 0 Å². The molecule has 0 spiro atoms. The number of aliphatic hydroxyl groups is 1. The fraction of sp³-hybridized carbons (Fsp3) is 0.250. The highest BCUT2D eigenvalue weighted by Gasteiger charge is 2.40. The zero-order valence-corrected chi connectivity index (χ0v) is 53.7. The highest BCUT2D eigenvalue weighted by Crippen LogP contribution is 2.46. The van der Waals surface area contributed by atoms with Gasteiger partial charge in [-0.25, -0.2) is 9.59 Å². The van der Waals surface area contributed by atoms with Crippen molar-refractivity contribution in [2.75, 3.05) is 36.6 Å². The predicted molar refractivity (Wildman–Crippen MR) is 377 cm³/mol. The lowest BCUT2D eigenvalue weighted by atomic mass is 9.78. The molecule has 14 heteroatoms. The second-order valence-electron chi connectivity index (χ2n) is 23.9. The third kappa shape index (κ3) is 15.3. The number of hydrogen-bond donors (Lipinski definition) is 3. The summed E-state index contributed by atoms with van der Waals surface area (Å²) in [6.45, 7) is 8.21. The number of carbonyl (C=O) groups is 5. The molecule has 2 aliphatic rings. The molecule has 0 bridgehead atoms. The van der Waals surface area contributed by atoms with E-state index in [4.69, 9.17) is 18.9 Å². The van der Waals surface area contributed by atoms with Gasteiger partial charge in [-0.1, -0.05) is 175 Å². The third-order valence-electron chi connectivity index (χ3n) is 17.6. The van der Waals surface area contributed by atoms with E-state index in [1.165, 1.54) is 0 Å². The van der Waals surface area contributed by atoms with Crippen molar-refractivity contribution in [3.8, 4) is 0 Å². The Kier molecular flexibility index (Phi) is 21.2. The summed E-state index contributed by atoms with van der Waals surface area (Å²) in [5.41, 5.74) is 5.18. The molecule has 0 saturated heterocycles. The Morgan fingerprint density at radius 1 is 0.489 bits per heavy atom. The fourth-order valence-corrected chi connectivity index (χ4v) is 12.2. The number of Topliss-reactive ketones (excluding diaryl/α,β-unsaturated/α-hetero) is 1. The van der Waals surface area contributed by atoms with Crippen molar-refractivity contribution < 1.29 is 48.0 Å².